The van der Waals surface area contributed by atoms with Crippen molar-refractivity contribution in [3.63, 3.8) is 0 Å². The minimum atomic E-state index is -1.08. The molecule has 1 aromatic rings. The Kier molecular flexibility index (Phi) is 7.97. The highest BCUT2D eigenvalue weighted by molar-refractivity contribution is 6.06. The van der Waals surface area contributed by atoms with Crippen molar-refractivity contribution in [1.29, 1.82) is 0 Å². The van der Waals surface area contributed by atoms with Crippen LogP contribution in [0.4, 0.5) is 10.5 Å². The highest BCUT2D eigenvalue weighted by Gasteiger charge is 2.22. The van der Waals surface area contributed by atoms with Crippen LogP contribution in [0.2, 0.25) is 0 Å². The van der Waals surface area contributed by atoms with E-state index in [0.29, 0.717) is 42.2 Å². The van der Waals surface area contributed by atoms with Crippen molar-refractivity contribution in [2.24, 2.45) is 10.7 Å². The number of carbonyl (C=O) groups is 3. The largest absolute Gasteiger partial charge is 0.465 e. The zero-order valence-corrected chi connectivity index (χ0v) is 17.6. The fraction of sp³-hybridized carbons (Fsp3) is 0.429. The molecule has 0 aliphatic carbocycles. The van der Waals surface area contributed by atoms with Crippen LogP contribution in [0.5, 0.6) is 0 Å². The van der Waals surface area contributed by atoms with Crippen LogP contribution in [0, 0.1) is 0 Å². The molecule has 1 aliphatic rings. The van der Waals surface area contributed by atoms with Crippen LogP contribution in [0.1, 0.15) is 42.1 Å². The maximum absolute atomic E-state index is 13.1. The fourth-order valence-corrected chi connectivity index (χ4v) is 3.17. The number of amidine groups is 1. The van der Waals surface area contributed by atoms with E-state index in [1.165, 1.54) is 4.90 Å². The first-order chi connectivity index (χ1) is 14.2. The number of nitrogens with zero attached hydrogens (tertiary/aromatic N) is 3. The van der Waals surface area contributed by atoms with Crippen molar-refractivity contribution in [3.05, 3.63) is 34.9 Å². The highest BCUT2D eigenvalue weighted by atomic mass is 16.4. The molecule has 4 N–H and O–H groups in total. The van der Waals surface area contributed by atoms with Gasteiger partial charge in [-0.15, -0.1) is 0 Å². The quantitative estimate of drug-likeness (QED) is 0.560. The SMILES string of the molecule is CCCN(CCCNC(=O)O)C(=O)C1=Cc2ccc(C(=O)N(C)C)cc2N=C(N)C1. The summed E-state index contributed by atoms with van der Waals surface area (Å²) in [7, 11) is 3.35. The van der Waals surface area contributed by atoms with Crippen LogP contribution < -0.4 is 11.1 Å². The Morgan fingerprint density at radius 1 is 1.20 bits per heavy atom. The molecule has 1 heterocycles. The first-order valence-electron chi connectivity index (χ1n) is 9.88. The van der Waals surface area contributed by atoms with Crippen LogP contribution in [-0.4, -0.2) is 72.4 Å². The number of nitrogens with two attached hydrogens (primary N) is 1. The molecule has 30 heavy (non-hydrogen) atoms. The lowest BCUT2D eigenvalue weighted by molar-refractivity contribution is -0.127. The second-order valence-corrected chi connectivity index (χ2v) is 7.30. The summed E-state index contributed by atoms with van der Waals surface area (Å²) in [6, 6.07) is 5.15. The van der Waals surface area contributed by atoms with Gasteiger partial charge in [-0.2, -0.15) is 0 Å². The Morgan fingerprint density at radius 2 is 1.93 bits per heavy atom. The number of hydrogen-bond acceptors (Lipinski definition) is 5. The van der Waals surface area contributed by atoms with Crippen LogP contribution >= 0.6 is 0 Å². The van der Waals surface area contributed by atoms with Crippen molar-refractivity contribution in [1.82, 2.24) is 15.1 Å². The van der Waals surface area contributed by atoms with E-state index in [4.69, 9.17) is 10.8 Å². The van der Waals surface area contributed by atoms with E-state index >= 15 is 0 Å². The topological polar surface area (TPSA) is 128 Å². The predicted octanol–water partition coefficient (Wildman–Crippen LogP) is 2.06. The Morgan fingerprint density at radius 3 is 2.57 bits per heavy atom. The van der Waals surface area contributed by atoms with Gasteiger partial charge in [-0.1, -0.05) is 13.0 Å². The first-order valence-corrected chi connectivity index (χ1v) is 9.88. The number of amides is 3. The van der Waals surface area contributed by atoms with Gasteiger partial charge in [0, 0.05) is 56.9 Å². The molecule has 162 valence electrons. The van der Waals surface area contributed by atoms with Gasteiger partial charge in [0.2, 0.25) is 5.91 Å². The van der Waals surface area contributed by atoms with Gasteiger partial charge >= 0.3 is 6.09 Å². The average Bonchev–Trinajstić information content (AvgIpc) is 2.86. The van der Waals surface area contributed by atoms with Gasteiger partial charge in [0.25, 0.3) is 5.91 Å². The summed E-state index contributed by atoms with van der Waals surface area (Å²) in [5, 5.41) is 11.0. The molecule has 0 aromatic heterocycles. The molecular weight excluding hydrogens is 386 g/mol. The summed E-state index contributed by atoms with van der Waals surface area (Å²) >= 11 is 0. The van der Waals surface area contributed by atoms with Crippen molar-refractivity contribution in [2.75, 3.05) is 33.7 Å². The smallest absolute Gasteiger partial charge is 0.404 e. The molecule has 1 aliphatic heterocycles. The van der Waals surface area contributed by atoms with Gasteiger partial charge < -0.3 is 26.0 Å². The van der Waals surface area contributed by atoms with Gasteiger partial charge in [-0.3, -0.25) is 9.59 Å². The molecule has 0 radical (unpaired) electrons. The Labute approximate surface area is 176 Å². The number of rotatable bonds is 8. The number of aliphatic imine (C=N–C) groups is 1. The molecule has 0 atom stereocenters. The van der Waals surface area contributed by atoms with E-state index in [1.54, 1.807) is 43.3 Å². The molecular formula is C21H29N5O4. The first kappa shape index (κ1) is 22.9. The van der Waals surface area contributed by atoms with Crippen LogP contribution in [0.3, 0.4) is 0 Å². The van der Waals surface area contributed by atoms with Crippen molar-refractivity contribution >= 4 is 35.5 Å². The number of benzene rings is 1. The van der Waals surface area contributed by atoms with Gasteiger partial charge in [0.05, 0.1) is 5.69 Å². The molecule has 9 nitrogen and oxygen atoms in total. The van der Waals surface area contributed by atoms with Crippen LogP contribution in [0.15, 0.2) is 28.8 Å². The van der Waals surface area contributed by atoms with E-state index in [0.717, 1.165) is 12.0 Å². The van der Waals surface area contributed by atoms with Gasteiger partial charge in [0.1, 0.15) is 5.84 Å². The molecule has 0 saturated carbocycles. The molecule has 9 heteroatoms. The molecule has 3 amide bonds. The zero-order chi connectivity index (χ0) is 22.3. The van der Waals surface area contributed by atoms with E-state index in [1.807, 2.05) is 6.92 Å². The maximum Gasteiger partial charge on any atom is 0.404 e. The van der Waals surface area contributed by atoms with Crippen LogP contribution in [0.25, 0.3) is 6.08 Å². The summed E-state index contributed by atoms with van der Waals surface area (Å²) in [6.07, 6.45) is 2.19. The number of hydrogen-bond donors (Lipinski definition) is 3. The van der Waals surface area contributed by atoms with E-state index < -0.39 is 6.09 Å². The Hall–Kier alpha value is -3.36. The molecule has 0 spiro atoms. The summed E-state index contributed by atoms with van der Waals surface area (Å²) in [5.41, 5.74) is 8.35. The van der Waals surface area contributed by atoms with Crippen molar-refractivity contribution in [3.8, 4) is 0 Å². The van der Waals surface area contributed by atoms with Gasteiger partial charge in [-0.25, -0.2) is 9.79 Å². The van der Waals surface area contributed by atoms with Crippen molar-refractivity contribution in [2.45, 2.75) is 26.2 Å². The summed E-state index contributed by atoms with van der Waals surface area (Å²) in [6.45, 7) is 3.25. The second-order valence-electron chi connectivity index (χ2n) is 7.30. The molecule has 0 saturated heterocycles. The third-order valence-electron chi connectivity index (χ3n) is 4.59. The molecule has 0 bridgehead atoms. The normalized spacial score (nSPS) is 12.8. The molecule has 1 aromatic carbocycles. The van der Waals surface area contributed by atoms with Crippen LogP contribution in [-0.2, 0) is 4.79 Å². The Balaban J connectivity index is 2.25. The fourth-order valence-electron chi connectivity index (χ4n) is 3.17. The highest BCUT2D eigenvalue weighted by Crippen LogP contribution is 2.28. The number of carbonyl (C=O) groups excluding carboxylic acids is 2. The molecule has 0 unspecified atom stereocenters. The zero-order valence-electron chi connectivity index (χ0n) is 17.6. The lowest BCUT2D eigenvalue weighted by Crippen LogP contribution is -2.36. The minimum absolute atomic E-state index is 0.139. The average molecular weight is 415 g/mol. The van der Waals surface area contributed by atoms with E-state index in [-0.39, 0.29) is 24.8 Å². The second kappa shape index (κ2) is 10.4. The third-order valence-corrected chi connectivity index (χ3v) is 4.59. The predicted molar refractivity (Wildman–Crippen MR) is 116 cm³/mol. The Bertz CT molecular complexity index is 876. The lowest BCUT2D eigenvalue weighted by atomic mass is 10.0. The lowest BCUT2D eigenvalue weighted by Gasteiger charge is -2.23. The van der Waals surface area contributed by atoms with Gasteiger partial charge in [0.15, 0.2) is 0 Å². The minimum Gasteiger partial charge on any atom is -0.465 e. The summed E-state index contributed by atoms with van der Waals surface area (Å²) in [5.74, 6) is 0.0126. The maximum atomic E-state index is 13.1. The standard InChI is InChI=1S/C21H29N5O4/c1-4-9-26(10-5-8-23-21(29)30)20(28)16-11-14-6-7-15(19(27)25(2)3)12-17(14)24-18(22)13-16/h6-7,11-12,23H,4-5,8-10,13H2,1-3H3,(H2,22,24)(H,29,30). The molecule has 2 rings (SSSR count). The monoisotopic (exact) mass is 415 g/mol. The third kappa shape index (κ3) is 6.07. The van der Waals surface area contributed by atoms with E-state index in [2.05, 4.69) is 10.3 Å². The number of fused-ring (bicyclic) bond motifs is 1. The molecule has 0 fully saturated rings. The van der Waals surface area contributed by atoms with E-state index in [9.17, 15) is 14.4 Å². The van der Waals surface area contributed by atoms with Gasteiger partial charge in [-0.05, 0) is 31.1 Å². The summed E-state index contributed by atoms with van der Waals surface area (Å²) in [4.78, 5) is 43.5. The van der Waals surface area contributed by atoms with Crippen molar-refractivity contribution < 1.29 is 19.5 Å². The summed E-state index contributed by atoms with van der Waals surface area (Å²) < 4.78 is 0. The number of carboxylic acid groups (broad SMARTS) is 1. The number of nitrogens with one attached hydrogen (secondary N) is 1.